The van der Waals surface area contributed by atoms with E-state index in [-0.39, 0.29) is 12.3 Å². The molecule has 0 N–H and O–H groups in total. The molecule has 0 bridgehead atoms. The number of esters is 1. The van der Waals surface area contributed by atoms with Gasteiger partial charge in [-0.2, -0.15) is 0 Å². The molecular formula is C20H21NO5S2. The van der Waals surface area contributed by atoms with Gasteiger partial charge in [0.15, 0.2) is 16.4 Å². The van der Waals surface area contributed by atoms with Crippen molar-refractivity contribution in [1.29, 1.82) is 0 Å². The summed E-state index contributed by atoms with van der Waals surface area (Å²) in [5, 5.41) is 1.13. The molecule has 0 radical (unpaired) electrons. The largest absolute Gasteiger partial charge is 0.452 e. The van der Waals surface area contributed by atoms with Crippen molar-refractivity contribution in [2.45, 2.75) is 26.4 Å². The van der Waals surface area contributed by atoms with Crippen LogP contribution in [0.2, 0.25) is 0 Å². The first-order chi connectivity index (χ1) is 13.2. The average molecular weight is 420 g/mol. The Kier molecular flexibility index (Phi) is 6.00. The van der Waals surface area contributed by atoms with Gasteiger partial charge in [0.25, 0.3) is 5.91 Å². The number of hydrogen-bond donors (Lipinski definition) is 0. The van der Waals surface area contributed by atoms with E-state index in [1.807, 2.05) is 44.2 Å². The third-order valence-electron chi connectivity index (χ3n) is 4.42. The van der Waals surface area contributed by atoms with Gasteiger partial charge in [0.2, 0.25) is 0 Å². The van der Waals surface area contributed by atoms with Crippen molar-refractivity contribution in [1.82, 2.24) is 4.90 Å². The van der Waals surface area contributed by atoms with Crippen molar-refractivity contribution in [3.8, 4) is 0 Å². The lowest BCUT2D eigenvalue weighted by molar-refractivity contribution is -0.136. The Hall–Kier alpha value is -2.45. The monoisotopic (exact) mass is 419 g/mol. The first-order valence-corrected chi connectivity index (χ1v) is 11.3. The van der Waals surface area contributed by atoms with Crippen LogP contribution >= 0.6 is 11.3 Å². The third kappa shape index (κ3) is 4.88. The van der Waals surface area contributed by atoms with Gasteiger partial charge in [-0.3, -0.25) is 4.79 Å². The highest BCUT2D eigenvalue weighted by atomic mass is 32.2. The molecule has 0 unspecified atom stereocenters. The van der Waals surface area contributed by atoms with E-state index in [0.717, 1.165) is 20.7 Å². The van der Waals surface area contributed by atoms with Crippen molar-refractivity contribution >= 4 is 33.1 Å². The number of benzene rings is 1. The number of ether oxygens (including phenoxy) is 1. The summed E-state index contributed by atoms with van der Waals surface area (Å²) in [6, 6.07) is 10.4. The summed E-state index contributed by atoms with van der Waals surface area (Å²) in [7, 11) is -3.32. The highest BCUT2D eigenvalue weighted by molar-refractivity contribution is 7.94. The van der Waals surface area contributed by atoms with Crippen LogP contribution < -0.4 is 0 Å². The minimum atomic E-state index is -3.32. The number of carbonyl (C=O) groups excluding carboxylic acids is 2. The van der Waals surface area contributed by atoms with Crippen LogP contribution in [-0.4, -0.2) is 43.6 Å². The predicted octanol–water partition coefficient (Wildman–Crippen LogP) is 2.86. The first-order valence-electron chi connectivity index (χ1n) is 8.74. The molecule has 8 heteroatoms. The molecule has 3 rings (SSSR count). The molecule has 1 atom stereocenters. The number of rotatable bonds is 6. The molecule has 2 heterocycles. The Bertz CT molecular complexity index is 1010. The summed E-state index contributed by atoms with van der Waals surface area (Å²) >= 11 is 1.49. The lowest BCUT2D eigenvalue weighted by Gasteiger charge is -2.27. The Labute approximate surface area is 168 Å². The summed E-state index contributed by atoms with van der Waals surface area (Å²) in [4.78, 5) is 28.3. The fraction of sp³-hybridized carbons (Fsp3) is 0.300. The normalized spacial score (nSPS) is 17.4. The summed E-state index contributed by atoms with van der Waals surface area (Å²) in [6.07, 6.45) is 1.50. The molecular weight excluding hydrogens is 398 g/mol. The van der Waals surface area contributed by atoms with E-state index in [9.17, 15) is 18.0 Å². The van der Waals surface area contributed by atoms with Gasteiger partial charge < -0.3 is 9.64 Å². The van der Waals surface area contributed by atoms with Gasteiger partial charge in [0.1, 0.15) is 0 Å². The minimum absolute atomic E-state index is 0.164. The fourth-order valence-corrected chi connectivity index (χ4v) is 5.26. The third-order valence-corrected chi connectivity index (χ3v) is 6.76. The number of amides is 1. The van der Waals surface area contributed by atoms with Gasteiger partial charge in [-0.15, -0.1) is 11.3 Å². The summed E-state index contributed by atoms with van der Waals surface area (Å²) < 4.78 is 28.8. The SMILES string of the molecule is Cc1cc(C(=O)OCC(=O)N(Cc2ccccc2)[C@@H]2C=CS(=O)(=O)C2)c(C)s1. The average Bonchev–Trinajstić information content (AvgIpc) is 3.18. The van der Waals surface area contributed by atoms with Crippen molar-refractivity contribution in [2.75, 3.05) is 12.4 Å². The molecule has 28 heavy (non-hydrogen) atoms. The second-order valence-corrected chi connectivity index (χ2v) is 10.0. The molecule has 0 fully saturated rings. The number of sulfone groups is 1. The molecule has 0 saturated carbocycles. The quantitative estimate of drug-likeness (QED) is 0.673. The zero-order valence-electron chi connectivity index (χ0n) is 15.6. The van der Waals surface area contributed by atoms with Crippen LogP contribution in [0.3, 0.4) is 0 Å². The standard InChI is InChI=1S/C20H21NO5S2/c1-14-10-18(15(2)27-14)20(23)26-12-19(22)21(11-16-6-4-3-5-7-16)17-8-9-28(24,25)13-17/h3-10,17H,11-13H2,1-2H3/t17-/m1/s1. The van der Waals surface area contributed by atoms with Gasteiger partial charge in [-0.05, 0) is 31.6 Å². The van der Waals surface area contributed by atoms with E-state index in [0.29, 0.717) is 5.56 Å². The Morgan fingerprint density at radius 2 is 1.93 bits per heavy atom. The maximum absolute atomic E-state index is 12.8. The topological polar surface area (TPSA) is 80.8 Å². The van der Waals surface area contributed by atoms with E-state index in [1.165, 1.54) is 22.3 Å². The molecule has 0 spiro atoms. The number of aryl methyl sites for hydroxylation is 2. The van der Waals surface area contributed by atoms with Crippen molar-refractivity contribution in [2.24, 2.45) is 0 Å². The van der Waals surface area contributed by atoms with Gasteiger partial charge in [-0.1, -0.05) is 30.3 Å². The maximum Gasteiger partial charge on any atom is 0.339 e. The molecule has 1 amide bonds. The molecule has 0 aliphatic carbocycles. The van der Waals surface area contributed by atoms with Crippen LogP contribution in [0.1, 0.15) is 25.7 Å². The molecule has 2 aromatic rings. The van der Waals surface area contributed by atoms with Gasteiger partial charge >= 0.3 is 5.97 Å². The Morgan fingerprint density at radius 1 is 1.21 bits per heavy atom. The minimum Gasteiger partial charge on any atom is -0.452 e. The second-order valence-electron chi connectivity index (χ2n) is 6.64. The summed E-state index contributed by atoms with van der Waals surface area (Å²) in [5.74, 6) is -1.15. The highest BCUT2D eigenvalue weighted by Gasteiger charge is 2.31. The smallest absolute Gasteiger partial charge is 0.339 e. The predicted molar refractivity (Wildman–Crippen MR) is 108 cm³/mol. The molecule has 1 aliphatic rings. The van der Waals surface area contributed by atoms with Crippen LogP contribution in [-0.2, 0) is 25.9 Å². The zero-order valence-corrected chi connectivity index (χ0v) is 17.3. The molecule has 1 aliphatic heterocycles. The number of thiophene rings is 1. The number of nitrogens with zero attached hydrogens (tertiary/aromatic N) is 1. The highest BCUT2D eigenvalue weighted by Crippen LogP contribution is 2.22. The molecule has 1 aromatic carbocycles. The second kappa shape index (κ2) is 8.28. The lowest BCUT2D eigenvalue weighted by atomic mass is 10.2. The van der Waals surface area contributed by atoms with E-state index >= 15 is 0 Å². The van der Waals surface area contributed by atoms with E-state index < -0.39 is 34.4 Å². The lowest BCUT2D eigenvalue weighted by Crippen LogP contribution is -2.42. The van der Waals surface area contributed by atoms with Crippen LogP contribution in [0.15, 0.2) is 47.9 Å². The molecule has 148 valence electrons. The van der Waals surface area contributed by atoms with Crippen molar-refractivity contribution in [3.63, 3.8) is 0 Å². The zero-order chi connectivity index (χ0) is 20.3. The van der Waals surface area contributed by atoms with Gasteiger partial charge in [0.05, 0.1) is 17.4 Å². The van der Waals surface area contributed by atoms with Crippen LogP contribution in [0.25, 0.3) is 0 Å². The summed E-state index contributed by atoms with van der Waals surface area (Å²) in [6.45, 7) is 3.52. The van der Waals surface area contributed by atoms with Crippen LogP contribution in [0.4, 0.5) is 0 Å². The van der Waals surface area contributed by atoms with Gasteiger partial charge in [0, 0.05) is 21.7 Å². The first kappa shape index (κ1) is 20.3. The van der Waals surface area contributed by atoms with Crippen molar-refractivity contribution < 1.29 is 22.7 Å². The number of hydrogen-bond acceptors (Lipinski definition) is 6. The van der Waals surface area contributed by atoms with E-state index in [1.54, 1.807) is 6.07 Å². The molecule has 1 aromatic heterocycles. The fourth-order valence-electron chi connectivity index (χ4n) is 3.05. The van der Waals surface area contributed by atoms with E-state index in [4.69, 9.17) is 4.74 Å². The van der Waals surface area contributed by atoms with Crippen LogP contribution in [0.5, 0.6) is 0 Å². The Morgan fingerprint density at radius 3 is 2.50 bits per heavy atom. The van der Waals surface area contributed by atoms with E-state index in [2.05, 4.69) is 0 Å². The van der Waals surface area contributed by atoms with Crippen molar-refractivity contribution in [3.05, 3.63) is 68.8 Å². The summed E-state index contributed by atoms with van der Waals surface area (Å²) in [5.41, 5.74) is 1.32. The van der Waals surface area contributed by atoms with Crippen LogP contribution in [0, 0.1) is 13.8 Å². The molecule has 6 nitrogen and oxygen atoms in total. The Balaban J connectivity index is 1.72. The number of carbonyl (C=O) groups is 2. The molecule has 0 saturated heterocycles. The van der Waals surface area contributed by atoms with Gasteiger partial charge in [-0.25, -0.2) is 13.2 Å². The maximum atomic E-state index is 12.8.